The number of hydrogen-bond donors (Lipinski definition) is 5. The molecule has 408 valence electrons. The Morgan fingerprint density at radius 1 is 0.934 bits per heavy atom. The number of carbonyl (C=O) groups is 5. The van der Waals surface area contributed by atoms with Crippen LogP contribution in [-0.4, -0.2) is 144 Å². The van der Waals surface area contributed by atoms with Gasteiger partial charge in [-0.2, -0.15) is 0 Å². The molecule has 3 unspecified atom stereocenters. The molecule has 4 fully saturated rings. The van der Waals surface area contributed by atoms with Crippen molar-refractivity contribution in [3.05, 3.63) is 78.2 Å². The molecule has 21 nitrogen and oxygen atoms in total. The fourth-order valence-corrected chi connectivity index (χ4v) is 10.3. The van der Waals surface area contributed by atoms with Gasteiger partial charge in [-0.1, -0.05) is 18.6 Å². The van der Waals surface area contributed by atoms with Crippen LogP contribution in [0, 0.1) is 11.2 Å². The van der Waals surface area contributed by atoms with E-state index in [1.165, 1.54) is 12.1 Å². The van der Waals surface area contributed by atoms with E-state index < -0.39 is 46.7 Å². The minimum absolute atomic E-state index is 0.0879. The van der Waals surface area contributed by atoms with E-state index in [0.717, 1.165) is 30.6 Å². The van der Waals surface area contributed by atoms with E-state index in [2.05, 4.69) is 52.8 Å². The number of ether oxygens (including phenoxy) is 4. The number of urea groups is 1. The van der Waals surface area contributed by atoms with E-state index in [-0.39, 0.29) is 56.2 Å². The molecule has 0 radical (unpaired) electrons. The number of primary amides is 1. The molecule has 22 heteroatoms. The van der Waals surface area contributed by atoms with Crippen LogP contribution in [0.1, 0.15) is 85.1 Å². The van der Waals surface area contributed by atoms with Crippen molar-refractivity contribution in [3.8, 4) is 22.9 Å². The van der Waals surface area contributed by atoms with Crippen molar-refractivity contribution in [1.82, 2.24) is 35.6 Å². The predicted octanol–water partition coefficient (Wildman–Crippen LogP) is 5.62. The first-order valence-electron chi connectivity index (χ1n) is 26.2. The Kier molecular flexibility index (Phi) is 17.3. The molecule has 76 heavy (non-hydrogen) atoms. The van der Waals surface area contributed by atoms with Gasteiger partial charge in [0.1, 0.15) is 41.8 Å². The number of carbonyl (C=O) groups excluding carboxylic acids is 5. The molecule has 1 saturated carbocycles. The molecule has 2 aromatic carbocycles. The zero-order valence-corrected chi connectivity index (χ0v) is 44.0. The normalized spacial score (nSPS) is 19.4. The van der Waals surface area contributed by atoms with E-state index >= 15 is 0 Å². The number of amides is 5. The summed E-state index contributed by atoms with van der Waals surface area (Å²) in [7, 11) is 0. The molecule has 4 aliphatic rings. The molecule has 2 bridgehead atoms. The van der Waals surface area contributed by atoms with Gasteiger partial charge in [0.05, 0.1) is 18.0 Å². The van der Waals surface area contributed by atoms with Gasteiger partial charge in [-0.25, -0.2) is 19.0 Å². The third-order valence-corrected chi connectivity index (χ3v) is 14.4. The number of nitrogen functional groups attached to an aromatic ring is 1. The number of anilines is 4. The predicted molar refractivity (Wildman–Crippen MR) is 283 cm³/mol. The van der Waals surface area contributed by atoms with Crippen LogP contribution in [0.3, 0.4) is 0 Å². The number of fused-ring (bicyclic) bond motifs is 2. The summed E-state index contributed by atoms with van der Waals surface area (Å²) >= 11 is 0. The van der Waals surface area contributed by atoms with Gasteiger partial charge < -0.3 is 61.1 Å². The molecule has 4 aromatic rings. The lowest BCUT2D eigenvalue weighted by Gasteiger charge is -2.43. The summed E-state index contributed by atoms with van der Waals surface area (Å²) in [6, 6.07) is 15.7. The van der Waals surface area contributed by atoms with Gasteiger partial charge in [0.25, 0.3) is 0 Å². The maximum absolute atomic E-state index is 15.0. The molecular weight excluding hydrogens is 980 g/mol. The SMILES string of the molecule is CCOC(=O)C1(C(=O)NC(CCCNC(N)=O)C(=O)Nc2ccc(COc3ccc(F)cc3-c3cc(N4CC5CCC(C4)N5c4ccnc(OCCN5CCN(C(=O)OC(C)(C)C)C[C@H]5C)c4)c(N)nn3)cc2)CCC1. The first kappa shape index (κ1) is 54.8. The topological polar surface area (TPSA) is 262 Å². The molecule has 3 aliphatic heterocycles. The van der Waals surface area contributed by atoms with E-state index in [1.54, 1.807) is 48.4 Å². The maximum Gasteiger partial charge on any atom is 0.410 e. The number of nitrogens with zero attached hydrogens (tertiary/aromatic N) is 7. The summed E-state index contributed by atoms with van der Waals surface area (Å²) in [6.45, 7) is 14.2. The minimum atomic E-state index is -1.34. The Morgan fingerprint density at radius 2 is 1.68 bits per heavy atom. The van der Waals surface area contributed by atoms with Crippen LogP contribution in [0.4, 0.5) is 36.9 Å². The highest BCUT2D eigenvalue weighted by Gasteiger charge is 2.53. The summed E-state index contributed by atoms with van der Waals surface area (Å²) in [5.41, 5.74) is 13.5. The number of rotatable bonds is 20. The van der Waals surface area contributed by atoms with Gasteiger partial charge >= 0.3 is 18.1 Å². The number of aromatic nitrogens is 3. The zero-order valence-electron chi connectivity index (χ0n) is 44.0. The van der Waals surface area contributed by atoms with E-state index in [0.29, 0.717) is 99.3 Å². The molecule has 7 N–H and O–H groups in total. The van der Waals surface area contributed by atoms with Crippen LogP contribution in [0.15, 0.2) is 66.9 Å². The molecule has 0 spiro atoms. The summed E-state index contributed by atoms with van der Waals surface area (Å²) in [5.74, 6) is -0.995. The Morgan fingerprint density at radius 3 is 2.36 bits per heavy atom. The molecule has 5 amide bonds. The minimum Gasteiger partial charge on any atom is -0.488 e. The third kappa shape index (κ3) is 13.3. The van der Waals surface area contributed by atoms with Gasteiger partial charge in [0, 0.05) is 93.1 Å². The number of halogens is 1. The van der Waals surface area contributed by atoms with Crippen molar-refractivity contribution in [2.24, 2.45) is 11.1 Å². The zero-order chi connectivity index (χ0) is 54.1. The Hall–Kier alpha value is -7.49. The van der Waals surface area contributed by atoms with Crippen molar-refractivity contribution in [2.45, 2.75) is 116 Å². The van der Waals surface area contributed by atoms with Gasteiger partial charge in [0.2, 0.25) is 17.7 Å². The highest BCUT2D eigenvalue weighted by Crippen LogP contribution is 2.43. The average Bonchev–Trinajstić information content (AvgIpc) is 3.64. The van der Waals surface area contributed by atoms with Crippen LogP contribution in [0.2, 0.25) is 0 Å². The summed E-state index contributed by atoms with van der Waals surface area (Å²) in [4.78, 5) is 77.1. The second-order valence-electron chi connectivity index (χ2n) is 20.9. The summed E-state index contributed by atoms with van der Waals surface area (Å²) in [5, 5.41) is 16.8. The number of nitrogens with two attached hydrogens (primary N) is 2. The monoisotopic (exact) mass is 1050 g/mol. The molecular formula is C54H71FN12O9. The molecule has 5 heterocycles. The number of hydrogen-bond acceptors (Lipinski definition) is 16. The fraction of sp³-hybridized carbons (Fsp3) is 0.519. The van der Waals surface area contributed by atoms with Gasteiger partial charge in [-0.15, -0.1) is 10.2 Å². The van der Waals surface area contributed by atoms with Crippen molar-refractivity contribution in [3.63, 3.8) is 0 Å². The lowest BCUT2D eigenvalue weighted by molar-refractivity contribution is -0.167. The fourth-order valence-electron chi connectivity index (χ4n) is 10.3. The lowest BCUT2D eigenvalue weighted by atomic mass is 9.68. The van der Waals surface area contributed by atoms with Crippen LogP contribution in [-0.2, 0) is 30.5 Å². The molecule has 3 saturated heterocycles. The molecule has 8 rings (SSSR count). The van der Waals surface area contributed by atoms with Crippen LogP contribution < -0.4 is 46.7 Å². The van der Waals surface area contributed by atoms with Gasteiger partial charge in [0.15, 0.2) is 5.82 Å². The van der Waals surface area contributed by atoms with Gasteiger partial charge in [-0.05, 0) is 121 Å². The van der Waals surface area contributed by atoms with Crippen LogP contribution >= 0.6 is 0 Å². The van der Waals surface area contributed by atoms with E-state index in [1.807, 2.05) is 39.0 Å². The Bertz CT molecular complexity index is 2710. The molecule has 2 aromatic heterocycles. The largest absolute Gasteiger partial charge is 0.488 e. The number of benzene rings is 2. The first-order valence-corrected chi connectivity index (χ1v) is 26.2. The highest BCUT2D eigenvalue weighted by atomic mass is 19.1. The smallest absolute Gasteiger partial charge is 0.410 e. The standard InChI is InChI=1S/C54H71FN12O9/c1-6-73-50(70)54(19-8-20-54)49(69)61-42(9-7-21-59-51(57)71)48(68)60-37-13-10-35(11-14-37)33-75-45-17-12-36(55)27-41(45)43-29-44(47(56)63-62-43)66-31-39-15-16-40(32-66)67(39)38-18-22-58-46(28-38)74-26-25-64-23-24-65(30-34(64)2)52(72)76-53(3,4)5/h10-14,17-18,22,27-29,34,39-40,42H,6-9,15-16,19-21,23-26,30-33H2,1-5H3,(H2,56,63)(H,60,68)(H,61,69)(H3,57,59,71)/t34-,39?,40?,42?/m1/s1. The van der Waals surface area contributed by atoms with Gasteiger partial charge in [-0.3, -0.25) is 19.3 Å². The van der Waals surface area contributed by atoms with Crippen molar-refractivity contribution >= 4 is 52.8 Å². The average molecular weight is 1050 g/mol. The second kappa shape index (κ2) is 24.0. The van der Waals surface area contributed by atoms with Crippen molar-refractivity contribution < 1.29 is 47.3 Å². The lowest BCUT2D eigenvalue weighted by Crippen LogP contribution is -2.56. The third-order valence-electron chi connectivity index (χ3n) is 14.4. The number of piperazine rings is 2. The van der Waals surface area contributed by atoms with E-state index in [9.17, 15) is 28.4 Å². The van der Waals surface area contributed by atoms with Crippen LogP contribution in [0.25, 0.3) is 11.3 Å². The maximum atomic E-state index is 15.0. The quantitative estimate of drug-likeness (QED) is 0.0409. The molecule has 1 aliphatic carbocycles. The highest BCUT2D eigenvalue weighted by molar-refractivity contribution is 6.06. The summed E-state index contributed by atoms with van der Waals surface area (Å²) < 4.78 is 38.2. The van der Waals surface area contributed by atoms with Crippen molar-refractivity contribution in [2.75, 3.05) is 79.9 Å². The number of esters is 1. The second-order valence-corrected chi connectivity index (χ2v) is 20.9. The Labute approximate surface area is 442 Å². The molecule has 4 atom stereocenters. The Balaban J connectivity index is 0.866. The number of nitrogens with one attached hydrogen (secondary N) is 3. The summed E-state index contributed by atoms with van der Waals surface area (Å²) in [6.07, 6.45) is 5.25. The van der Waals surface area contributed by atoms with Crippen LogP contribution in [0.5, 0.6) is 11.6 Å². The number of pyridine rings is 1. The van der Waals surface area contributed by atoms with E-state index in [4.69, 9.17) is 30.4 Å². The van der Waals surface area contributed by atoms with Crippen molar-refractivity contribution in [1.29, 1.82) is 0 Å². The first-order chi connectivity index (χ1) is 36.4.